The van der Waals surface area contributed by atoms with Gasteiger partial charge in [-0.3, -0.25) is 9.78 Å². The highest BCUT2D eigenvalue weighted by atomic mass is 16.1. The standard InChI is InChI=1S/C10H14N2O/c1-7(5-11)10(13)9-4-3-8(2)12-6-9/h3-4,6-7H,5,11H2,1-2H3. The van der Waals surface area contributed by atoms with Crippen molar-refractivity contribution in [1.82, 2.24) is 4.98 Å². The zero-order valence-corrected chi connectivity index (χ0v) is 7.95. The number of Topliss-reactive ketones (excluding diaryl/α,β-unsaturated/α-hetero) is 1. The number of hydrogen-bond acceptors (Lipinski definition) is 3. The molecular formula is C10H14N2O. The second-order valence-corrected chi connectivity index (χ2v) is 3.19. The Labute approximate surface area is 78.0 Å². The van der Waals surface area contributed by atoms with Gasteiger partial charge in [-0.05, 0) is 19.1 Å². The van der Waals surface area contributed by atoms with Crippen LogP contribution in [-0.4, -0.2) is 17.3 Å². The van der Waals surface area contributed by atoms with Crippen molar-refractivity contribution < 1.29 is 4.79 Å². The van der Waals surface area contributed by atoms with E-state index in [2.05, 4.69) is 4.98 Å². The van der Waals surface area contributed by atoms with Crippen LogP contribution in [0.3, 0.4) is 0 Å². The number of hydrogen-bond donors (Lipinski definition) is 1. The Hall–Kier alpha value is -1.22. The number of aromatic nitrogens is 1. The molecule has 3 nitrogen and oxygen atoms in total. The average Bonchev–Trinajstić information content (AvgIpc) is 2.17. The lowest BCUT2D eigenvalue weighted by Gasteiger charge is -2.06. The highest BCUT2D eigenvalue weighted by molar-refractivity contribution is 5.97. The maximum atomic E-state index is 11.6. The van der Waals surface area contributed by atoms with Crippen LogP contribution in [0.25, 0.3) is 0 Å². The molecule has 0 radical (unpaired) electrons. The normalized spacial score (nSPS) is 12.5. The molecule has 0 aliphatic carbocycles. The molecule has 13 heavy (non-hydrogen) atoms. The molecule has 3 heteroatoms. The Morgan fingerprint density at radius 3 is 2.77 bits per heavy atom. The van der Waals surface area contributed by atoms with Crippen molar-refractivity contribution in [2.24, 2.45) is 11.7 Å². The number of nitrogens with zero attached hydrogens (tertiary/aromatic N) is 1. The largest absolute Gasteiger partial charge is 0.330 e. The van der Waals surface area contributed by atoms with Gasteiger partial charge in [0.1, 0.15) is 0 Å². The molecule has 70 valence electrons. The predicted octanol–water partition coefficient (Wildman–Crippen LogP) is 1.17. The number of ketones is 1. The van der Waals surface area contributed by atoms with Gasteiger partial charge in [0.15, 0.2) is 5.78 Å². The minimum absolute atomic E-state index is 0.0648. The zero-order valence-electron chi connectivity index (χ0n) is 7.95. The van der Waals surface area contributed by atoms with Crippen LogP contribution in [-0.2, 0) is 0 Å². The van der Waals surface area contributed by atoms with Crippen LogP contribution in [0.2, 0.25) is 0 Å². The Morgan fingerprint density at radius 1 is 1.62 bits per heavy atom. The van der Waals surface area contributed by atoms with Crippen LogP contribution >= 0.6 is 0 Å². The number of carbonyl (C=O) groups excluding carboxylic acids is 1. The Morgan fingerprint density at radius 2 is 2.31 bits per heavy atom. The highest BCUT2D eigenvalue weighted by Crippen LogP contribution is 2.06. The molecule has 1 aromatic rings. The van der Waals surface area contributed by atoms with Gasteiger partial charge in [0.05, 0.1) is 0 Å². The first kappa shape index (κ1) is 9.86. The quantitative estimate of drug-likeness (QED) is 0.707. The van der Waals surface area contributed by atoms with Crippen LogP contribution in [0.5, 0.6) is 0 Å². The van der Waals surface area contributed by atoms with Crippen LogP contribution in [0, 0.1) is 12.8 Å². The van der Waals surface area contributed by atoms with Gasteiger partial charge in [-0.25, -0.2) is 0 Å². The van der Waals surface area contributed by atoms with E-state index in [0.717, 1.165) is 5.69 Å². The minimum Gasteiger partial charge on any atom is -0.330 e. The summed E-state index contributed by atoms with van der Waals surface area (Å²) >= 11 is 0. The predicted molar refractivity (Wildman–Crippen MR) is 51.5 cm³/mol. The van der Waals surface area contributed by atoms with Gasteiger partial charge in [-0.2, -0.15) is 0 Å². The minimum atomic E-state index is -0.121. The van der Waals surface area contributed by atoms with Crippen LogP contribution in [0.15, 0.2) is 18.3 Å². The number of pyridine rings is 1. The maximum absolute atomic E-state index is 11.6. The molecule has 0 spiro atoms. The summed E-state index contributed by atoms with van der Waals surface area (Å²) in [6.07, 6.45) is 1.60. The van der Waals surface area contributed by atoms with E-state index >= 15 is 0 Å². The molecule has 0 bridgehead atoms. The van der Waals surface area contributed by atoms with Crippen LogP contribution < -0.4 is 5.73 Å². The second-order valence-electron chi connectivity index (χ2n) is 3.19. The van der Waals surface area contributed by atoms with Gasteiger partial charge in [-0.15, -0.1) is 0 Å². The molecule has 0 aliphatic rings. The molecule has 1 heterocycles. The highest BCUT2D eigenvalue weighted by Gasteiger charge is 2.12. The third kappa shape index (κ3) is 2.36. The topological polar surface area (TPSA) is 56.0 Å². The zero-order chi connectivity index (χ0) is 9.84. The fourth-order valence-corrected chi connectivity index (χ4v) is 1.01. The molecule has 0 aromatic carbocycles. The molecule has 0 aliphatic heterocycles. The van der Waals surface area contributed by atoms with Crippen LogP contribution in [0.1, 0.15) is 23.0 Å². The maximum Gasteiger partial charge on any atom is 0.168 e. The molecule has 0 amide bonds. The summed E-state index contributed by atoms with van der Waals surface area (Å²) in [5.41, 5.74) is 6.95. The first-order valence-electron chi connectivity index (χ1n) is 4.32. The van der Waals surface area contributed by atoms with Gasteiger partial charge in [0, 0.05) is 29.9 Å². The second kappa shape index (κ2) is 4.14. The molecule has 0 saturated carbocycles. The summed E-state index contributed by atoms with van der Waals surface area (Å²) < 4.78 is 0. The summed E-state index contributed by atoms with van der Waals surface area (Å²) in [5.74, 6) is -0.0560. The lowest BCUT2D eigenvalue weighted by atomic mass is 10.0. The molecule has 1 atom stereocenters. The molecule has 1 aromatic heterocycles. The van der Waals surface area contributed by atoms with Gasteiger partial charge in [0.2, 0.25) is 0 Å². The third-order valence-corrected chi connectivity index (χ3v) is 2.00. The van der Waals surface area contributed by atoms with E-state index in [4.69, 9.17) is 5.73 Å². The fourth-order valence-electron chi connectivity index (χ4n) is 1.01. The third-order valence-electron chi connectivity index (χ3n) is 2.00. The Bertz CT molecular complexity index is 292. The molecule has 1 unspecified atom stereocenters. The van der Waals surface area contributed by atoms with Crippen molar-refractivity contribution in [3.63, 3.8) is 0 Å². The first-order chi connectivity index (χ1) is 6.15. The van der Waals surface area contributed by atoms with Gasteiger partial charge in [0.25, 0.3) is 0 Å². The van der Waals surface area contributed by atoms with Crippen molar-refractivity contribution in [1.29, 1.82) is 0 Å². The number of rotatable bonds is 3. The van der Waals surface area contributed by atoms with Gasteiger partial charge in [-0.1, -0.05) is 6.92 Å². The Balaban J connectivity index is 2.83. The van der Waals surface area contributed by atoms with Crippen molar-refractivity contribution in [2.45, 2.75) is 13.8 Å². The van der Waals surface area contributed by atoms with E-state index in [1.165, 1.54) is 0 Å². The molecular weight excluding hydrogens is 164 g/mol. The van der Waals surface area contributed by atoms with E-state index < -0.39 is 0 Å². The fraction of sp³-hybridized carbons (Fsp3) is 0.400. The lowest BCUT2D eigenvalue weighted by Crippen LogP contribution is -2.20. The van der Waals surface area contributed by atoms with Crippen molar-refractivity contribution in [3.8, 4) is 0 Å². The lowest BCUT2D eigenvalue weighted by molar-refractivity contribution is 0.0934. The van der Waals surface area contributed by atoms with E-state index in [1.807, 2.05) is 19.9 Å². The average molecular weight is 178 g/mol. The molecule has 2 N–H and O–H groups in total. The first-order valence-corrected chi connectivity index (χ1v) is 4.32. The van der Waals surface area contributed by atoms with Crippen molar-refractivity contribution >= 4 is 5.78 Å². The summed E-state index contributed by atoms with van der Waals surface area (Å²) in [7, 11) is 0. The summed E-state index contributed by atoms with van der Waals surface area (Å²) in [5, 5.41) is 0. The number of carbonyl (C=O) groups is 1. The van der Waals surface area contributed by atoms with E-state index in [-0.39, 0.29) is 11.7 Å². The molecule has 1 rings (SSSR count). The summed E-state index contributed by atoms with van der Waals surface area (Å²) in [6, 6.07) is 3.62. The van der Waals surface area contributed by atoms with E-state index in [1.54, 1.807) is 12.3 Å². The summed E-state index contributed by atoms with van der Waals surface area (Å²) in [4.78, 5) is 15.6. The monoisotopic (exact) mass is 178 g/mol. The smallest absolute Gasteiger partial charge is 0.168 e. The Kier molecular flexibility index (Phi) is 3.14. The van der Waals surface area contributed by atoms with Crippen molar-refractivity contribution in [2.75, 3.05) is 6.54 Å². The van der Waals surface area contributed by atoms with E-state index in [0.29, 0.717) is 12.1 Å². The number of nitrogens with two attached hydrogens (primary N) is 1. The van der Waals surface area contributed by atoms with E-state index in [9.17, 15) is 4.79 Å². The van der Waals surface area contributed by atoms with Crippen LogP contribution in [0.4, 0.5) is 0 Å². The van der Waals surface area contributed by atoms with Gasteiger partial charge >= 0.3 is 0 Å². The summed E-state index contributed by atoms with van der Waals surface area (Å²) in [6.45, 7) is 4.09. The van der Waals surface area contributed by atoms with Gasteiger partial charge < -0.3 is 5.73 Å². The number of aryl methyl sites for hydroxylation is 1. The molecule has 0 saturated heterocycles. The molecule has 0 fully saturated rings. The van der Waals surface area contributed by atoms with Crippen molar-refractivity contribution in [3.05, 3.63) is 29.6 Å². The SMILES string of the molecule is Cc1ccc(C(=O)C(C)CN)cn1.